The molecular weight excluding hydrogens is 184 g/mol. The number of ether oxygens (including phenoxy) is 1. The topological polar surface area (TPSA) is 9.23 Å². The monoisotopic (exact) mass is 208 g/mol. The maximum atomic E-state index is 6.33. The highest BCUT2D eigenvalue weighted by molar-refractivity contribution is 5.15. The molecule has 0 N–H and O–H groups in total. The largest absolute Gasteiger partial charge is 0.371 e. The summed E-state index contributed by atoms with van der Waals surface area (Å²) in [4.78, 5) is 0. The Labute approximate surface area is 93.9 Å². The van der Waals surface area contributed by atoms with Crippen molar-refractivity contribution in [3.8, 4) is 0 Å². The summed E-state index contributed by atoms with van der Waals surface area (Å²) in [6.45, 7) is 11.4. The molecule has 1 heteroatoms. The lowest BCUT2D eigenvalue weighted by atomic mass is 9.68. The van der Waals surface area contributed by atoms with Crippen LogP contribution in [0, 0.1) is 17.8 Å². The first-order valence-corrected chi connectivity index (χ1v) is 6.26. The van der Waals surface area contributed by atoms with E-state index in [9.17, 15) is 0 Å². The standard InChI is InChI=1S/C14H24O/c1-9(2)13-12-8-11(7-6-10(12)3)14(4,5)15-13/h6,9,11-13H,7-8H2,1-5H3/t11-,12+,13?/m1/s1. The lowest BCUT2D eigenvalue weighted by Gasteiger charge is -2.50. The average Bonchev–Trinajstić information content (AvgIpc) is 2.14. The van der Waals surface area contributed by atoms with Crippen molar-refractivity contribution in [1.29, 1.82) is 0 Å². The van der Waals surface area contributed by atoms with Gasteiger partial charge >= 0.3 is 0 Å². The molecule has 1 fully saturated rings. The molecular formula is C14H24O. The Hall–Kier alpha value is -0.300. The molecule has 2 bridgehead atoms. The summed E-state index contributed by atoms with van der Waals surface area (Å²) in [5.41, 5.74) is 1.63. The van der Waals surface area contributed by atoms with Crippen LogP contribution in [0.25, 0.3) is 0 Å². The Morgan fingerprint density at radius 2 is 2.07 bits per heavy atom. The molecule has 0 radical (unpaired) electrons. The van der Waals surface area contributed by atoms with Crippen LogP contribution < -0.4 is 0 Å². The molecule has 1 unspecified atom stereocenters. The first kappa shape index (κ1) is 11.2. The summed E-state index contributed by atoms with van der Waals surface area (Å²) < 4.78 is 6.33. The van der Waals surface area contributed by atoms with Crippen molar-refractivity contribution in [2.75, 3.05) is 0 Å². The summed E-state index contributed by atoms with van der Waals surface area (Å²) in [5.74, 6) is 2.02. The normalized spacial score (nSPS) is 39.1. The van der Waals surface area contributed by atoms with Crippen molar-refractivity contribution in [2.45, 2.75) is 59.2 Å². The molecule has 0 spiro atoms. The van der Waals surface area contributed by atoms with E-state index in [2.05, 4.69) is 40.7 Å². The summed E-state index contributed by atoms with van der Waals surface area (Å²) in [5, 5.41) is 0. The smallest absolute Gasteiger partial charge is 0.0670 e. The van der Waals surface area contributed by atoms with Gasteiger partial charge in [-0.1, -0.05) is 25.5 Å². The molecule has 2 rings (SSSR count). The molecule has 1 nitrogen and oxygen atoms in total. The van der Waals surface area contributed by atoms with Gasteiger partial charge in [-0.05, 0) is 45.4 Å². The fraction of sp³-hybridized carbons (Fsp3) is 0.857. The minimum absolute atomic E-state index is 0.0721. The van der Waals surface area contributed by atoms with Crippen molar-refractivity contribution in [1.82, 2.24) is 0 Å². The van der Waals surface area contributed by atoms with E-state index in [-0.39, 0.29) is 5.60 Å². The van der Waals surface area contributed by atoms with Crippen LogP contribution in [0.1, 0.15) is 47.5 Å². The quantitative estimate of drug-likeness (QED) is 0.596. The third kappa shape index (κ3) is 1.87. The zero-order chi connectivity index (χ0) is 11.2. The Morgan fingerprint density at radius 3 is 2.67 bits per heavy atom. The molecule has 1 heterocycles. The van der Waals surface area contributed by atoms with E-state index in [1.165, 1.54) is 12.8 Å². The SMILES string of the molecule is CC1=CC[C@@H]2C[C@@H]1C(C(C)C)OC2(C)C. The van der Waals surface area contributed by atoms with E-state index in [4.69, 9.17) is 4.74 Å². The van der Waals surface area contributed by atoms with Crippen LogP contribution in [0.2, 0.25) is 0 Å². The van der Waals surface area contributed by atoms with Crippen molar-refractivity contribution in [3.63, 3.8) is 0 Å². The molecule has 86 valence electrons. The zero-order valence-electron chi connectivity index (χ0n) is 10.7. The highest BCUT2D eigenvalue weighted by Crippen LogP contribution is 2.46. The predicted octanol–water partition coefficient (Wildman–Crippen LogP) is 3.79. The van der Waals surface area contributed by atoms with E-state index in [1.54, 1.807) is 5.57 Å². The van der Waals surface area contributed by atoms with Crippen LogP contribution in [0.5, 0.6) is 0 Å². The molecule has 1 saturated heterocycles. The van der Waals surface area contributed by atoms with E-state index in [0.29, 0.717) is 17.9 Å². The second kappa shape index (κ2) is 3.62. The van der Waals surface area contributed by atoms with Crippen molar-refractivity contribution in [3.05, 3.63) is 11.6 Å². The highest BCUT2D eigenvalue weighted by atomic mass is 16.5. The first-order chi connectivity index (χ1) is 6.92. The van der Waals surface area contributed by atoms with Gasteiger partial charge < -0.3 is 4.74 Å². The van der Waals surface area contributed by atoms with Gasteiger partial charge in [0.15, 0.2) is 0 Å². The first-order valence-electron chi connectivity index (χ1n) is 6.26. The maximum absolute atomic E-state index is 6.33. The molecule has 0 aromatic carbocycles. The third-order valence-corrected chi connectivity index (χ3v) is 4.32. The Morgan fingerprint density at radius 1 is 1.40 bits per heavy atom. The van der Waals surface area contributed by atoms with Crippen LogP contribution >= 0.6 is 0 Å². The van der Waals surface area contributed by atoms with Gasteiger partial charge in [0.2, 0.25) is 0 Å². The molecule has 15 heavy (non-hydrogen) atoms. The van der Waals surface area contributed by atoms with E-state index in [0.717, 1.165) is 5.92 Å². The number of hydrogen-bond donors (Lipinski definition) is 0. The van der Waals surface area contributed by atoms with Gasteiger partial charge in [-0.25, -0.2) is 0 Å². The van der Waals surface area contributed by atoms with Crippen molar-refractivity contribution < 1.29 is 4.74 Å². The molecule has 3 atom stereocenters. The maximum Gasteiger partial charge on any atom is 0.0670 e. The van der Waals surface area contributed by atoms with Gasteiger partial charge in [-0.2, -0.15) is 0 Å². The molecule has 1 aliphatic carbocycles. The number of fused-ring (bicyclic) bond motifs is 2. The van der Waals surface area contributed by atoms with Gasteiger partial charge in [0.05, 0.1) is 11.7 Å². The van der Waals surface area contributed by atoms with Crippen LogP contribution in [0.3, 0.4) is 0 Å². The summed E-state index contributed by atoms with van der Waals surface area (Å²) in [7, 11) is 0. The van der Waals surface area contributed by atoms with E-state index in [1.807, 2.05) is 0 Å². The Bertz CT molecular complexity index is 275. The van der Waals surface area contributed by atoms with Crippen molar-refractivity contribution >= 4 is 0 Å². The second-order valence-electron chi connectivity index (χ2n) is 6.15. The summed E-state index contributed by atoms with van der Waals surface area (Å²) in [6.07, 6.45) is 5.41. The van der Waals surface area contributed by atoms with Crippen LogP contribution in [0.15, 0.2) is 11.6 Å². The van der Waals surface area contributed by atoms with Crippen LogP contribution in [0.4, 0.5) is 0 Å². The minimum atomic E-state index is 0.0721. The number of hydrogen-bond acceptors (Lipinski definition) is 1. The predicted molar refractivity (Wildman–Crippen MR) is 63.8 cm³/mol. The van der Waals surface area contributed by atoms with Gasteiger partial charge in [0, 0.05) is 5.92 Å². The van der Waals surface area contributed by atoms with E-state index >= 15 is 0 Å². The molecule has 0 aromatic rings. The molecule has 0 aromatic heterocycles. The van der Waals surface area contributed by atoms with Gasteiger partial charge in [0.1, 0.15) is 0 Å². The number of allylic oxidation sites excluding steroid dienone is 1. The summed E-state index contributed by atoms with van der Waals surface area (Å²) >= 11 is 0. The fourth-order valence-corrected chi connectivity index (χ4v) is 3.16. The average molecular weight is 208 g/mol. The Kier molecular flexibility index (Phi) is 2.70. The lowest BCUT2D eigenvalue weighted by molar-refractivity contribution is -0.177. The third-order valence-electron chi connectivity index (χ3n) is 4.32. The van der Waals surface area contributed by atoms with Crippen LogP contribution in [-0.4, -0.2) is 11.7 Å². The van der Waals surface area contributed by atoms with Crippen molar-refractivity contribution in [2.24, 2.45) is 17.8 Å². The lowest BCUT2D eigenvalue weighted by Crippen LogP contribution is -2.51. The van der Waals surface area contributed by atoms with E-state index < -0.39 is 0 Å². The highest BCUT2D eigenvalue weighted by Gasteiger charge is 2.45. The fourth-order valence-electron chi connectivity index (χ4n) is 3.16. The van der Waals surface area contributed by atoms with Gasteiger partial charge in [-0.15, -0.1) is 0 Å². The molecule has 0 amide bonds. The second-order valence-corrected chi connectivity index (χ2v) is 6.15. The zero-order valence-corrected chi connectivity index (χ0v) is 10.7. The molecule has 1 aliphatic heterocycles. The van der Waals surface area contributed by atoms with Crippen LogP contribution in [-0.2, 0) is 4.74 Å². The minimum Gasteiger partial charge on any atom is -0.371 e. The van der Waals surface area contributed by atoms with Gasteiger partial charge in [-0.3, -0.25) is 0 Å². The van der Waals surface area contributed by atoms with Gasteiger partial charge in [0.25, 0.3) is 0 Å². The Balaban J connectivity index is 2.28. The summed E-state index contributed by atoms with van der Waals surface area (Å²) in [6, 6.07) is 0. The number of rotatable bonds is 1. The molecule has 2 aliphatic rings. The molecule has 0 saturated carbocycles.